The summed E-state index contributed by atoms with van der Waals surface area (Å²) in [4.78, 5) is 28.5. The van der Waals surface area contributed by atoms with Crippen molar-refractivity contribution in [2.75, 3.05) is 19.0 Å². The number of nitrogens with zero attached hydrogens (tertiary/aromatic N) is 3. The zero-order valence-electron chi connectivity index (χ0n) is 11.2. The predicted molar refractivity (Wildman–Crippen MR) is 69.8 cm³/mol. The largest absolute Gasteiger partial charge is 0.481 e. The minimum atomic E-state index is -0.909. The van der Waals surface area contributed by atoms with Crippen molar-refractivity contribution >= 4 is 17.5 Å². The van der Waals surface area contributed by atoms with Crippen LogP contribution in [0, 0.1) is 16.0 Å². The van der Waals surface area contributed by atoms with E-state index in [4.69, 9.17) is 9.84 Å². The van der Waals surface area contributed by atoms with E-state index >= 15 is 0 Å². The van der Waals surface area contributed by atoms with Gasteiger partial charge in [-0.1, -0.05) is 13.3 Å². The monoisotopic (exact) mass is 284 g/mol. The highest BCUT2D eigenvalue weighted by Crippen LogP contribution is 2.30. The first-order valence-electron chi connectivity index (χ1n) is 5.98. The number of carboxylic acids is 1. The molecule has 0 fully saturated rings. The number of hydrogen-bond donors (Lipinski definition) is 2. The van der Waals surface area contributed by atoms with E-state index < -0.39 is 10.9 Å². The van der Waals surface area contributed by atoms with Crippen LogP contribution in [0.5, 0.6) is 5.88 Å². The Morgan fingerprint density at radius 2 is 2.30 bits per heavy atom. The van der Waals surface area contributed by atoms with Crippen LogP contribution in [0.1, 0.15) is 19.8 Å². The Labute approximate surface area is 115 Å². The maximum absolute atomic E-state index is 11.0. The van der Waals surface area contributed by atoms with Gasteiger partial charge in [0, 0.05) is 13.0 Å². The Hall–Kier alpha value is -2.45. The van der Waals surface area contributed by atoms with Crippen LogP contribution in [-0.4, -0.2) is 39.6 Å². The fourth-order valence-corrected chi connectivity index (χ4v) is 1.65. The molecule has 9 heteroatoms. The maximum atomic E-state index is 11.0. The molecule has 1 atom stereocenters. The van der Waals surface area contributed by atoms with Gasteiger partial charge >= 0.3 is 11.7 Å². The minimum Gasteiger partial charge on any atom is -0.481 e. The summed E-state index contributed by atoms with van der Waals surface area (Å²) in [5.74, 6) is -1.18. The van der Waals surface area contributed by atoms with Crippen molar-refractivity contribution in [2.45, 2.75) is 19.8 Å². The van der Waals surface area contributed by atoms with Gasteiger partial charge in [-0.2, -0.15) is 4.98 Å². The molecule has 2 N–H and O–H groups in total. The minimum absolute atomic E-state index is 0.0144. The van der Waals surface area contributed by atoms with E-state index in [0.29, 0.717) is 6.42 Å². The van der Waals surface area contributed by atoms with Crippen LogP contribution in [0.15, 0.2) is 6.33 Å². The number of nitro groups is 1. The van der Waals surface area contributed by atoms with Gasteiger partial charge in [-0.3, -0.25) is 14.9 Å². The van der Waals surface area contributed by atoms with Gasteiger partial charge in [0.1, 0.15) is 6.33 Å². The van der Waals surface area contributed by atoms with E-state index in [1.54, 1.807) is 0 Å². The molecule has 0 bridgehead atoms. The molecule has 0 radical (unpaired) electrons. The number of methoxy groups -OCH3 is 1. The Kier molecular flexibility index (Phi) is 5.63. The van der Waals surface area contributed by atoms with Crippen molar-refractivity contribution in [3.63, 3.8) is 0 Å². The fraction of sp³-hybridized carbons (Fsp3) is 0.545. The smallest absolute Gasteiger partial charge is 0.372 e. The quantitative estimate of drug-likeness (QED) is 0.540. The second kappa shape index (κ2) is 7.22. The number of anilines is 1. The molecule has 0 spiro atoms. The van der Waals surface area contributed by atoms with Gasteiger partial charge in [0.15, 0.2) is 0 Å². The average molecular weight is 284 g/mol. The molecule has 0 saturated carbocycles. The van der Waals surface area contributed by atoms with Gasteiger partial charge < -0.3 is 15.2 Å². The third-order valence-corrected chi connectivity index (χ3v) is 2.76. The molecule has 110 valence electrons. The van der Waals surface area contributed by atoms with Crippen LogP contribution < -0.4 is 10.1 Å². The van der Waals surface area contributed by atoms with Crippen molar-refractivity contribution < 1.29 is 19.6 Å². The topological polar surface area (TPSA) is 127 Å². The molecule has 1 aromatic heterocycles. The van der Waals surface area contributed by atoms with Crippen molar-refractivity contribution in [3.8, 4) is 5.88 Å². The first kappa shape index (κ1) is 15.6. The summed E-state index contributed by atoms with van der Waals surface area (Å²) in [6.07, 6.45) is 1.77. The molecular formula is C11H16N4O5. The second-order valence-electron chi connectivity index (χ2n) is 4.09. The lowest BCUT2D eigenvalue weighted by molar-refractivity contribution is -0.385. The van der Waals surface area contributed by atoms with E-state index in [-0.39, 0.29) is 36.3 Å². The van der Waals surface area contributed by atoms with Gasteiger partial charge in [-0.25, -0.2) is 4.98 Å². The Morgan fingerprint density at radius 1 is 1.60 bits per heavy atom. The highest BCUT2D eigenvalue weighted by atomic mass is 16.6. The summed E-state index contributed by atoms with van der Waals surface area (Å²) in [6.45, 7) is 2.12. The van der Waals surface area contributed by atoms with Crippen LogP contribution in [-0.2, 0) is 4.79 Å². The summed E-state index contributed by atoms with van der Waals surface area (Å²) >= 11 is 0. The van der Waals surface area contributed by atoms with Crippen molar-refractivity contribution in [1.29, 1.82) is 0 Å². The van der Waals surface area contributed by atoms with Gasteiger partial charge in [0.25, 0.3) is 5.88 Å². The van der Waals surface area contributed by atoms with Gasteiger partial charge in [-0.15, -0.1) is 0 Å². The summed E-state index contributed by atoms with van der Waals surface area (Å²) < 4.78 is 4.82. The normalized spacial score (nSPS) is 11.7. The van der Waals surface area contributed by atoms with Gasteiger partial charge in [0.2, 0.25) is 5.82 Å². The number of aliphatic carboxylic acids is 1. The van der Waals surface area contributed by atoms with Crippen LogP contribution in [0.3, 0.4) is 0 Å². The molecule has 1 aromatic rings. The highest BCUT2D eigenvalue weighted by molar-refractivity contribution is 5.67. The first-order chi connectivity index (χ1) is 9.49. The van der Waals surface area contributed by atoms with Crippen molar-refractivity contribution in [1.82, 2.24) is 9.97 Å². The van der Waals surface area contributed by atoms with E-state index in [9.17, 15) is 14.9 Å². The van der Waals surface area contributed by atoms with Crippen molar-refractivity contribution in [2.24, 2.45) is 5.92 Å². The standard InChI is InChI=1S/C11H16N4O5/c1-3-7(4-8(16)17)5-12-10-9(15(18)19)11(20-2)14-6-13-10/h6-7H,3-5H2,1-2H3,(H,16,17)(H,12,13,14). The Morgan fingerprint density at radius 3 is 2.80 bits per heavy atom. The van der Waals surface area contributed by atoms with Crippen LogP contribution in [0.2, 0.25) is 0 Å². The Bertz CT molecular complexity index is 494. The lowest BCUT2D eigenvalue weighted by Crippen LogP contribution is -2.18. The first-order valence-corrected chi connectivity index (χ1v) is 5.98. The molecule has 0 amide bonds. The molecule has 0 aliphatic heterocycles. The number of nitrogens with one attached hydrogen (secondary N) is 1. The average Bonchev–Trinajstić information content (AvgIpc) is 2.42. The molecule has 20 heavy (non-hydrogen) atoms. The molecule has 1 unspecified atom stereocenters. The molecule has 0 saturated heterocycles. The van der Waals surface area contributed by atoms with Crippen LogP contribution >= 0.6 is 0 Å². The molecular weight excluding hydrogens is 268 g/mol. The molecule has 0 aliphatic carbocycles. The van der Waals surface area contributed by atoms with Crippen LogP contribution in [0.25, 0.3) is 0 Å². The van der Waals surface area contributed by atoms with Gasteiger partial charge in [0.05, 0.1) is 12.0 Å². The van der Waals surface area contributed by atoms with E-state index in [1.807, 2.05) is 6.92 Å². The van der Waals surface area contributed by atoms with Crippen LogP contribution in [0.4, 0.5) is 11.5 Å². The number of carbonyl (C=O) groups is 1. The molecule has 0 aromatic carbocycles. The van der Waals surface area contributed by atoms with E-state index in [2.05, 4.69) is 15.3 Å². The molecule has 0 aliphatic rings. The van der Waals surface area contributed by atoms with Crippen molar-refractivity contribution in [3.05, 3.63) is 16.4 Å². The number of hydrogen-bond acceptors (Lipinski definition) is 7. The zero-order chi connectivity index (χ0) is 15.1. The lowest BCUT2D eigenvalue weighted by atomic mass is 10.0. The van der Waals surface area contributed by atoms with E-state index in [1.165, 1.54) is 7.11 Å². The highest BCUT2D eigenvalue weighted by Gasteiger charge is 2.24. The molecule has 1 heterocycles. The summed E-state index contributed by atoms with van der Waals surface area (Å²) in [6, 6.07) is 0. The summed E-state index contributed by atoms with van der Waals surface area (Å²) in [5.41, 5.74) is -0.361. The Balaban J connectivity index is 2.86. The summed E-state index contributed by atoms with van der Waals surface area (Å²) in [5, 5.41) is 22.6. The lowest BCUT2D eigenvalue weighted by Gasteiger charge is -2.14. The third-order valence-electron chi connectivity index (χ3n) is 2.76. The third kappa shape index (κ3) is 4.04. The van der Waals surface area contributed by atoms with E-state index in [0.717, 1.165) is 6.33 Å². The second-order valence-corrected chi connectivity index (χ2v) is 4.09. The molecule has 9 nitrogen and oxygen atoms in total. The fourth-order valence-electron chi connectivity index (χ4n) is 1.65. The molecule has 1 rings (SSSR count). The number of ether oxygens (including phenoxy) is 1. The zero-order valence-corrected chi connectivity index (χ0v) is 11.2. The SMILES string of the molecule is CCC(CNc1ncnc(OC)c1[N+](=O)[O-])CC(=O)O. The summed E-state index contributed by atoms with van der Waals surface area (Å²) in [7, 11) is 1.28. The maximum Gasteiger partial charge on any atom is 0.372 e. The predicted octanol–water partition coefficient (Wildman–Crippen LogP) is 1.31. The number of rotatable bonds is 8. The van der Waals surface area contributed by atoms with Gasteiger partial charge in [-0.05, 0) is 5.92 Å². The number of carboxylic acid groups (broad SMARTS) is 1. The number of aromatic nitrogens is 2.